The van der Waals surface area contributed by atoms with Crippen molar-refractivity contribution in [3.63, 3.8) is 0 Å². The summed E-state index contributed by atoms with van der Waals surface area (Å²) >= 11 is 0. The predicted octanol–water partition coefficient (Wildman–Crippen LogP) is 2.05. The molecule has 2 aliphatic heterocycles. The molecule has 2 aromatic rings. The molecule has 8 nitrogen and oxygen atoms in total. The minimum absolute atomic E-state index is 0.0810. The van der Waals surface area contributed by atoms with Crippen LogP contribution in [0.2, 0.25) is 0 Å². The molecule has 1 N–H and O–H groups in total. The second kappa shape index (κ2) is 8.24. The van der Waals surface area contributed by atoms with Gasteiger partial charge in [0.15, 0.2) is 5.69 Å². The van der Waals surface area contributed by atoms with Crippen molar-refractivity contribution in [3.05, 3.63) is 46.8 Å². The summed E-state index contributed by atoms with van der Waals surface area (Å²) in [6.45, 7) is 5.31. The van der Waals surface area contributed by atoms with Gasteiger partial charge >= 0.3 is 6.03 Å². The van der Waals surface area contributed by atoms with Gasteiger partial charge in [-0.1, -0.05) is 19.1 Å². The lowest BCUT2D eigenvalue weighted by Crippen LogP contribution is -2.42. The predicted molar refractivity (Wildman–Crippen MR) is 109 cm³/mol. The van der Waals surface area contributed by atoms with Crippen LogP contribution in [-0.2, 0) is 31.2 Å². The van der Waals surface area contributed by atoms with Crippen molar-refractivity contribution >= 4 is 17.6 Å². The molecule has 1 aromatic heterocycles. The van der Waals surface area contributed by atoms with Crippen LogP contribution in [-0.4, -0.2) is 64.4 Å². The molecule has 1 aromatic carbocycles. The number of ether oxygens (including phenoxy) is 1. The van der Waals surface area contributed by atoms with Crippen LogP contribution < -0.4 is 5.32 Å². The maximum absolute atomic E-state index is 13.0. The molecular formula is C21H27N5O3. The average Bonchev–Trinajstić information content (AvgIpc) is 3.10. The number of hydrogen-bond acceptors (Lipinski definition) is 4. The van der Waals surface area contributed by atoms with Crippen LogP contribution in [0.3, 0.4) is 0 Å². The van der Waals surface area contributed by atoms with Gasteiger partial charge < -0.3 is 19.9 Å². The minimum Gasteiger partial charge on any atom is -0.378 e. The number of urea groups is 1. The molecule has 0 radical (unpaired) electrons. The molecule has 1 fully saturated rings. The van der Waals surface area contributed by atoms with Gasteiger partial charge in [0.25, 0.3) is 5.91 Å². The summed E-state index contributed by atoms with van der Waals surface area (Å²) in [5, 5.41) is 7.45. The quantitative estimate of drug-likeness (QED) is 0.860. The highest BCUT2D eigenvalue weighted by Gasteiger charge is 2.31. The van der Waals surface area contributed by atoms with Crippen molar-refractivity contribution in [2.75, 3.05) is 38.2 Å². The molecule has 2 aliphatic rings. The van der Waals surface area contributed by atoms with Crippen LogP contribution in [0.1, 0.15) is 34.2 Å². The Kier molecular flexibility index (Phi) is 5.53. The summed E-state index contributed by atoms with van der Waals surface area (Å²) in [5.74, 6) is -0.0810. The van der Waals surface area contributed by atoms with Gasteiger partial charge in [0.1, 0.15) is 0 Å². The van der Waals surface area contributed by atoms with Crippen molar-refractivity contribution < 1.29 is 14.3 Å². The first-order valence-electron chi connectivity index (χ1n) is 10.1. The molecule has 29 heavy (non-hydrogen) atoms. The lowest BCUT2D eigenvalue weighted by Gasteiger charge is -2.29. The van der Waals surface area contributed by atoms with E-state index in [-0.39, 0.29) is 11.9 Å². The number of carbonyl (C=O) groups is 2. The summed E-state index contributed by atoms with van der Waals surface area (Å²) in [6, 6.07) is 7.72. The number of morpholine rings is 1. The zero-order chi connectivity index (χ0) is 20.4. The topological polar surface area (TPSA) is 79.7 Å². The molecule has 0 unspecified atom stereocenters. The molecule has 0 atom stereocenters. The monoisotopic (exact) mass is 397 g/mol. The highest BCUT2D eigenvalue weighted by molar-refractivity contribution is 5.95. The van der Waals surface area contributed by atoms with E-state index in [1.807, 2.05) is 31.3 Å². The highest BCUT2D eigenvalue weighted by Crippen LogP contribution is 2.24. The van der Waals surface area contributed by atoms with Crippen LogP contribution in [0.25, 0.3) is 0 Å². The number of amides is 3. The van der Waals surface area contributed by atoms with E-state index < -0.39 is 0 Å². The SMILES string of the molecule is CCc1ccc(NC(=O)N2CCc3c(c(C(=O)N4CCOCC4)nn3C)C2)cc1. The summed E-state index contributed by atoms with van der Waals surface area (Å²) in [5.41, 5.74) is 4.33. The Balaban J connectivity index is 1.49. The smallest absolute Gasteiger partial charge is 0.322 e. The van der Waals surface area contributed by atoms with Crippen molar-refractivity contribution in [3.8, 4) is 0 Å². The van der Waals surface area contributed by atoms with Crippen molar-refractivity contribution in [2.24, 2.45) is 7.05 Å². The van der Waals surface area contributed by atoms with Crippen LogP contribution >= 0.6 is 0 Å². The third kappa shape index (κ3) is 3.98. The molecule has 1 saturated heterocycles. The Morgan fingerprint density at radius 2 is 1.83 bits per heavy atom. The average molecular weight is 397 g/mol. The zero-order valence-corrected chi connectivity index (χ0v) is 17.0. The molecule has 3 amide bonds. The maximum Gasteiger partial charge on any atom is 0.322 e. The number of carbonyl (C=O) groups excluding carboxylic acids is 2. The highest BCUT2D eigenvalue weighted by atomic mass is 16.5. The van der Waals surface area contributed by atoms with Crippen LogP contribution in [0.5, 0.6) is 0 Å². The van der Waals surface area contributed by atoms with Crippen LogP contribution in [0.15, 0.2) is 24.3 Å². The van der Waals surface area contributed by atoms with E-state index in [2.05, 4.69) is 17.3 Å². The number of aryl methyl sites for hydroxylation is 2. The van der Waals surface area contributed by atoms with Crippen LogP contribution in [0, 0.1) is 0 Å². The summed E-state index contributed by atoms with van der Waals surface area (Å²) in [7, 11) is 1.86. The van der Waals surface area contributed by atoms with Crippen molar-refractivity contribution in [1.29, 1.82) is 0 Å². The number of anilines is 1. The van der Waals surface area contributed by atoms with Gasteiger partial charge in [0, 0.05) is 50.0 Å². The van der Waals surface area contributed by atoms with Crippen LogP contribution in [0.4, 0.5) is 10.5 Å². The van der Waals surface area contributed by atoms with Gasteiger partial charge in [-0.3, -0.25) is 9.48 Å². The van der Waals surface area contributed by atoms with Gasteiger partial charge in [0.2, 0.25) is 0 Å². The molecule has 0 aliphatic carbocycles. The first-order valence-corrected chi connectivity index (χ1v) is 10.1. The van der Waals surface area contributed by atoms with E-state index in [4.69, 9.17) is 4.74 Å². The number of nitrogens with one attached hydrogen (secondary N) is 1. The summed E-state index contributed by atoms with van der Waals surface area (Å²) in [6.07, 6.45) is 1.64. The molecule has 8 heteroatoms. The van der Waals surface area contributed by atoms with E-state index in [0.29, 0.717) is 51.5 Å². The number of fused-ring (bicyclic) bond motifs is 1. The van der Waals surface area contributed by atoms with E-state index in [1.54, 1.807) is 14.5 Å². The third-order valence-electron chi connectivity index (χ3n) is 5.64. The Morgan fingerprint density at radius 3 is 2.52 bits per heavy atom. The Morgan fingerprint density at radius 1 is 1.10 bits per heavy atom. The maximum atomic E-state index is 13.0. The number of rotatable bonds is 3. The fraction of sp³-hybridized carbons (Fsp3) is 0.476. The standard InChI is InChI=1S/C21H27N5O3/c1-3-15-4-6-16(7-5-15)22-21(28)26-9-8-18-17(14-26)19(23-24(18)2)20(27)25-10-12-29-13-11-25/h4-7H,3,8-14H2,1-2H3,(H,22,28). The van der Waals surface area contributed by atoms with Gasteiger partial charge in [-0.05, 0) is 24.1 Å². The summed E-state index contributed by atoms with van der Waals surface area (Å²) < 4.78 is 7.12. The number of aromatic nitrogens is 2. The fourth-order valence-electron chi connectivity index (χ4n) is 3.88. The Hall–Kier alpha value is -2.87. The lowest BCUT2D eigenvalue weighted by atomic mass is 10.0. The van der Waals surface area contributed by atoms with E-state index in [9.17, 15) is 9.59 Å². The Labute approximate surface area is 170 Å². The Bertz CT molecular complexity index is 900. The van der Waals surface area contributed by atoms with Gasteiger partial charge in [-0.25, -0.2) is 4.79 Å². The molecule has 0 bridgehead atoms. The number of hydrogen-bond donors (Lipinski definition) is 1. The molecule has 0 saturated carbocycles. The molecule has 154 valence electrons. The third-order valence-corrected chi connectivity index (χ3v) is 5.64. The van der Waals surface area contributed by atoms with Gasteiger partial charge in [-0.2, -0.15) is 5.10 Å². The molecule has 3 heterocycles. The van der Waals surface area contributed by atoms with Gasteiger partial charge in [0.05, 0.1) is 19.8 Å². The van der Waals surface area contributed by atoms with Gasteiger partial charge in [-0.15, -0.1) is 0 Å². The first kappa shape index (κ1) is 19.4. The molecule has 4 rings (SSSR count). The first-order chi connectivity index (χ1) is 14.1. The molecular weight excluding hydrogens is 370 g/mol. The van der Waals surface area contributed by atoms with E-state index in [1.165, 1.54) is 5.56 Å². The van der Waals surface area contributed by atoms with E-state index >= 15 is 0 Å². The normalized spacial score (nSPS) is 16.5. The number of benzene rings is 1. The second-order valence-electron chi connectivity index (χ2n) is 7.45. The zero-order valence-electron chi connectivity index (χ0n) is 17.0. The lowest BCUT2D eigenvalue weighted by molar-refractivity contribution is 0.0297. The second-order valence-corrected chi connectivity index (χ2v) is 7.45. The van der Waals surface area contributed by atoms with E-state index in [0.717, 1.165) is 23.4 Å². The number of nitrogens with zero attached hydrogens (tertiary/aromatic N) is 4. The molecule has 0 spiro atoms. The summed E-state index contributed by atoms with van der Waals surface area (Å²) in [4.78, 5) is 29.3. The van der Waals surface area contributed by atoms with Crippen molar-refractivity contribution in [2.45, 2.75) is 26.3 Å². The largest absolute Gasteiger partial charge is 0.378 e. The van der Waals surface area contributed by atoms with Crippen molar-refractivity contribution in [1.82, 2.24) is 19.6 Å². The minimum atomic E-state index is -0.159. The fourth-order valence-corrected chi connectivity index (χ4v) is 3.88.